The van der Waals surface area contributed by atoms with Gasteiger partial charge in [0.25, 0.3) is 0 Å². The molecule has 4 nitrogen and oxygen atoms in total. The highest BCUT2D eigenvalue weighted by atomic mass is 16.5. The number of carboxylic acid groups (broad SMARTS) is 1. The Morgan fingerprint density at radius 1 is 1.28 bits per heavy atom. The Morgan fingerprint density at radius 2 is 1.94 bits per heavy atom. The van der Waals surface area contributed by atoms with E-state index in [1.54, 1.807) is 0 Å². The number of esters is 1. The number of ether oxygens (including phenoxy) is 1. The van der Waals surface area contributed by atoms with E-state index in [4.69, 9.17) is 9.84 Å². The van der Waals surface area contributed by atoms with Crippen LogP contribution in [0.1, 0.15) is 40.0 Å². The molecule has 2 fully saturated rings. The van der Waals surface area contributed by atoms with Gasteiger partial charge in [-0.2, -0.15) is 0 Å². The van der Waals surface area contributed by atoms with Crippen molar-refractivity contribution in [3.63, 3.8) is 0 Å². The summed E-state index contributed by atoms with van der Waals surface area (Å²) in [5.41, 5.74) is 0.0423. The van der Waals surface area contributed by atoms with Crippen molar-refractivity contribution in [2.45, 2.75) is 46.1 Å². The molecule has 3 atom stereocenters. The Balaban J connectivity index is 2.09. The molecule has 3 unspecified atom stereocenters. The first kappa shape index (κ1) is 13.1. The van der Waals surface area contributed by atoms with E-state index in [1.165, 1.54) is 6.42 Å². The summed E-state index contributed by atoms with van der Waals surface area (Å²) >= 11 is 0. The summed E-state index contributed by atoms with van der Waals surface area (Å²) in [6, 6.07) is 0. The van der Waals surface area contributed by atoms with Crippen LogP contribution in [0, 0.1) is 16.7 Å². The van der Waals surface area contributed by atoms with Crippen LogP contribution >= 0.6 is 0 Å². The van der Waals surface area contributed by atoms with Crippen molar-refractivity contribution in [1.82, 2.24) is 0 Å². The first-order chi connectivity index (χ1) is 8.25. The van der Waals surface area contributed by atoms with Gasteiger partial charge in [0.15, 0.2) is 0 Å². The van der Waals surface area contributed by atoms with Gasteiger partial charge < -0.3 is 9.84 Å². The molecular formula is C14H20O4. The Kier molecular flexibility index (Phi) is 2.99. The summed E-state index contributed by atoms with van der Waals surface area (Å²) in [6.07, 6.45) is 5.08. The predicted octanol–water partition coefficient (Wildman–Crippen LogP) is 2.39. The Hall–Kier alpha value is -1.32. The van der Waals surface area contributed by atoms with Gasteiger partial charge in [-0.15, -0.1) is 0 Å². The average Bonchev–Trinajstić information content (AvgIpc) is 2.73. The highest BCUT2D eigenvalue weighted by Crippen LogP contribution is 2.63. The van der Waals surface area contributed by atoms with Crippen LogP contribution in [0.15, 0.2) is 12.2 Å². The van der Waals surface area contributed by atoms with Gasteiger partial charge in [-0.05, 0) is 25.2 Å². The Morgan fingerprint density at radius 3 is 2.44 bits per heavy atom. The van der Waals surface area contributed by atoms with E-state index >= 15 is 0 Å². The molecule has 0 radical (unpaired) electrons. The molecule has 2 saturated carbocycles. The summed E-state index contributed by atoms with van der Waals surface area (Å²) < 4.78 is 5.52. The largest absolute Gasteiger partial charge is 0.478 e. The summed E-state index contributed by atoms with van der Waals surface area (Å²) in [4.78, 5) is 22.0. The van der Waals surface area contributed by atoms with Crippen LogP contribution in [0.3, 0.4) is 0 Å². The molecule has 2 aliphatic rings. The van der Waals surface area contributed by atoms with Gasteiger partial charge in [-0.1, -0.05) is 20.8 Å². The number of carbonyl (C=O) groups excluding carboxylic acids is 1. The van der Waals surface area contributed by atoms with Gasteiger partial charge in [0.1, 0.15) is 6.10 Å². The van der Waals surface area contributed by atoms with Crippen LogP contribution in [0.25, 0.3) is 0 Å². The molecule has 0 aromatic rings. The number of carboxylic acids is 1. The average molecular weight is 252 g/mol. The fourth-order valence-corrected chi connectivity index (χ4v) is 3.85. The molecule has 0 amide bonds. The number of hydrogen-bond acceptors (Lipinski definition) is 3. The van der Waals surface area contributed by atoms with Gasteiger partial charge >= 0.3 is 11.9 Å². The second kappa shape index (κ2) is 4.11. The molecule has 4 heteroatoms. The molecule has 18 heavy (non-hydrogen) atoms. The minimum atomic E-state index is -1.13. The number of rotatable bonds is 3. The molecule has 0 heterocycles. The van der Waals surface area contributed by atoms with Crippen molar-refractivity contribution in [3.8, 4) is 0 Å². The van der Waals surface area contributed by atoms with Crippen LogP contribution in [-0.4, -0.2) is 23.1 Å². The predicted molar refractivity (Wildman–Crippen MR) is 65.9 cm³/mol. The molecule has 0 aromatic heterocycles. The van der Waals surface area contributed by atoms with E-state index in [1.807, 2.05) is 0 Å². The summed E-state index contributed by atoms with van der Waals surface area (Å²) in [5.74, 6) is -1.08. The van der Waals surface area contributed by atoms with Crippen molar-refractivity contribution in [1.29, 1.82) is 0 Å². The lowest BCUT2D eigenvalue weighted by Gasteiger charge is -2.41. The van der Waals surface area contributed by atoms with Crippen LogP contribution in [-0.2, 0) is 14.3 Å². The van der Waals surface area contributed by atoms with Gasteiger partial charge in [0.05, 0.1) is 0 Å². The summed E-state index contributed by atoms with van der Waals surface area (Å²) in [5, 5.41) is 8.49. The number of aliphatic carboxylic acids is 1. The van der Waals surface area contributed by atoms with Gasteiger partial charge in [-0.3, -0.25) is 0 Å². The lowest BCUT2D eigenvalue weighted by atomic mass is 9.70. The number of carbonyl (C=O) groups is 2. The third kappa shape index (κ3) is 2.04. The summed E-state index contributed by atoms with van der Waals surface area (Å²) in [7, 11) is 0. The van der Waals surface area contributed by atoms with Gasteiger partial charge in [0.2, 0.25) is 0 Å². The second-order valence-corrected chi connectivity index (χ2v) is 6.40. The zero-order valence-corrected chi connectivity index (χ0v) is 11.1. The molecule has 0 saturated heterocycles. The molecule has 2 rings (SSSR count). The van der Waals surface area contributed by atoms with Crippen LogP contribution in [0.4, 0.5) is 0 Å². The normalized spacial score (nSPS) is 37.1. The standard InChI is InChI=1S/C14H20O4/c1-13(2)9-6-7-14(3,8-9)12(13)18-11(17)5-4-10(15)16/h4-5,9,12H,6-8H2,1-3H3,(H,15,16)/b5-4-. The zero-order chi connectivity index (χ0) is 13.6. The van der Waals surface area contributed by atoms with E-state index < -0.39 is 11.9 Å². The van der Waals surface area contributed by atoms with E-state index in [0.29, 0.717) is 5.92 Å². The topological polar surface area (TPSA) is 63.6 Å². The first-order valence-corrected chi connectivity index (χ1v) is 6.37. The quantitative estimate of drug-likeness (QED) is 0.618. The smallest absolute Gasteiger partial charge is 0.331 e. The van der Waals surface area contributed by atoms with Crippen molar-refractivity contribution >= 4 is 11.9 Å². The summed E-state index contributed by atoms with van der Waals surface area (Å²) in [6.45, 7) is 6.45. The molecule has 2 bridgehead atoms. The Bertz CT molecular complexity index is 405. The van der Waals surface area contributed by atoms with Crippen LogP contribution in [0.5, 0.6) is 0 Å². The van der Waals surface area contributed by atoms with Gasteiger partial charge in [-0.25, -0.2) is 9.59 Å². The van der Waals surface area contributed by atoms with Crippen LogP contribution in [0.2, 0.25) is 0 Å². The molecule has 0 aromatic carbocycles. The lowest BCUT2D eigenvalue weighted by molar-refractivity contribution is -0.158. The van der Waals surface area contributed by atoms with E-state index in [2.05, 4.69) is 20.8 Å². The third-order valence-electron chi connectivity index (χ3n) is 4.73. The van der Waals surface area contributed by atoms with E-state index in [0.717, 1.165) is 25.0 Å². The highest BCUT2D eigenvalue weighted by Gasteiger charge is 2.61. The van der Waals surface area contributed by atoms with Crippen molar-refractivity contribution in [2.24, 2.45) is 16.7 Å². The van der Waals surface area contributed by atoms with Crippen LogP contribution < -0.4 is 0 Å². The third-order valence-corrected chi connectivity index (χ3v) is 4.73. The number of hydrogen-bond donors (Lipinski definition) is 1. The highest BCUT2D eigenvalue weighted by molar-refractivity contribution is 5.90. The number of fused-ring (bicyclic) bond motifs is 2. The van der Waals surface area contributed by atoms with Crippen molar-refractivity contribution in [2.75, 3.05) is 0 Å². The SMILES string of the molecule is CC12CCC(C1)C(C)(C)C2OC(=O)/C=C\C(=O)O. The molecule has 2 aliphatic carbocycles. The molecule has 1 N–H and O–H groups in total. The van der Waals surface area contributed by atoms with E-state index in [-0.39, 0.29) is 16.9 Å². The lowest BCUT2D eigenvalue weighted by Crippen LogP contribution is -2.43. The molecule has 0 spiro atoms. The fraction of sp³-hybridized carbons (Fsp3) is 0.714. The maximum atomic E-state index is 11.6. The minimum Gasteiger partial charge on any atom is -0.478 e. The maximum absolute atomic E-state index is 11.6. The van der Waals surface area contributed by atoms with Crippen molar-refractivity contribution in [3.05, 3.63) is 12.2 Å². The second-order valence-electron chi connectivity index (χ2n) is 6.40. The monoisotopic (exact) mass is 252 g/mol. The minimum absolute atomic E-state index is 0.0142. The first-order valence-electron chi connectivity index (χ1n) is 6.37. The maximum Gasteiger partial charge on any atom is 0.331 e. The van der Waals surface area contributed by atoms with Crippen molar-refractivity contribution < 1.29 is 19.4 Å². The molecule has 0 aliphatic heterocycles. The zero-order valence-electron chi connectivity index (χ0n) is 11.1. The van der Waals surface area contributed by atoms with Gasteiger partial charge in [0, 0.05) is 23.0 Å². The molecular weight excluding hydrogens is 232 g/mol. The van der Waals surface area contributed by atoms with E-state index in [9.17, 15) is 9.59 Å². The molecule has 100 valence electrons. The fourth-order valence-electron chi connectivity index (χ4n) is 3.85. The Labute approximate surface area is 107 Å².